The average molecular weight is 192 g/mol. The van der Waals surface area contributed by atoms with Crippen LogP contribution in [-0.2, 0) is 0 Å². The van der Waals surface area contributed by atoms with Crippen molar-refractivity contribution in [3.05, 3.63) is 36.0 Å². The Bertz CT molecular complexity index is 228. The van der Waals surface area contributed by atoms with Crippen molar-refractivity contribution in [2.24, 2.45) is 11.8 Å². The molecule has 0 aromatic rings. The molecule has 14 heavy (non-hydrogen) atoms. The van der Waals surface area contributed by atoms with Crippen molar-refractivity contribution in [2.75, 3.05) is 0 Å². The topological polar surface area (TPSA) is 0 Å². The lowest BCUT2D eigenvalue weighted by molar-refractivity contribution is 0.782. The highest BCUT2D eigenvalue weighted by atomic mass is 14.2. The van der Waals surface area contributed by atoms with Gasteiger partial charge in [-0.15, -0.1) is 6.58 Å². The summed E-state index contributed by atoms with van der Waals surface area (Å²) in [5.74, 6) is 1.39. The Morgan fingerprint density at radius 1 is 1.50 bits per heavy atom. The van der Waals surface area contributed by atoms with Crippen molar-refractivity contribution < 1.29 is 0 Å². The van der Waals surface area contributed by atoms with Crippen molar-refractivity contribution in [3.8, 4) is 0 Å². The Morgan fingerprint density at radius 3 is 2.21 bits per heavy atom. The highest BCUT2D eigenvalue weighted by molar-refractivity contribution is 5.35. The minimum absolute atomic E-state index is 0.692. The van der Waals surface area contributed by atoms with E-state index in [0.29, 0.717) is 11.8 Å². The van der Waals surface area contributed by atoms with Gasteiger partial charge >= 0.3 is 0 Å². The molecule has 0 nitrogen and oxygen atoms in total. The number of rotatable bonds is 2. The molecule has 80 valence electrons. The Labute approximate surface area is 89.4 Å². The third-order valence-corrected chi connectivity index (χ3v) is 2.45. The minimum atomic E-state index is 0.692. The van der Waals surface area contributed by atoms with Gasteiger partial charge in [-0.25, -0.2) is 0 Å². The first-order valence-electron chi connectivity index (χ1n) is 5.56. The SMILES string of the molecule is C=CC.CCC1=CC(C(C)C)=CC1C. The van der Waals surface area contributed by atoms with Crippen molar-refractivity contribution >= 4 is 0 Å². The zero-order chi connectivity index (χ0) is 11.1. The lowest BCUT2D eigenvalue weighted by atomic mass is 10.0. The Kier molecular flexibility index (Phi) is 6.27. The second kappa shape index (κ2) is 6.64. The third-order valence-electron chi connectivity index (χ3n) is 2.45. The predicted molar refractivity (Wildman–Crippen MR) is 66.3 cm³/mol. The van der Waals surface area contributed by atoms with Crippen LogP contribution in [0.25, 0.3) is 0 Å². The van der Waals surface area contributed by atoms with Crippen molar-refractivity contribution in [1.29, 1.82) is 0 Å². The largest absolute Gasteiger partial charge is 0.103 e. The van der Waals surface area contributed by atoms with Crippen LogP contribution in [-0.4, -0.2) is 0 Å². The summed E-state index contributed by atoms with van der Waals surface area (Å²) in [6.07, 6.45) is 7.72. The molecule has 0 saturated heterocycles. The molecule has 0 N–H and O–H groups in total. The molecule has 0 radical (unpaired) electrons. The van der Waals surface area contributed by atoms with Crippen LogP contribution in [0.1, 0.15) is 41.0 Å². The van der Waals surface area contributed by atoms with Gasteiger partial charge in [0.2, 0.25) is 0 Å². The van der Waals surface area contributed by atoms with E-state index in [0.717, 1.165) is 0 Å². The maximum atomic E-state index is 3.36. The molecule has 1 aliphatic rings. The summed E-state index contributed by atoms with van der Waals surface area (Å²) in [5, 5.41) is 0. The van der Waals surface area contributed by atoms with Gasteiger partial charge in [-0.3, -0.25) is 0 Å². The molecule has 1 atom stereocenters. The van der Waals surface area contributed by atoms with Gasteiger partial charge in [0.05, 0.1) is 0 Å². The molecule has 0 aliphatic heterocycles. The first-order valence-corrected chi connectivity index (χ1v) is 5.56. The van der Waals surface area contributed by atoms with E-state index in [1.165, 1.54) is 12.0 Å². The number of hydrogen-bond acceptors (Lipinski definition) is 0. The molecule has 0 spiro atoms. The molecule has 0 heteroatoms. The summed E-state index contributed by atoms with van der Waals surface area (Å²) in [7, 11) is 0. The maximum Gasteiger partial charge on any atom is -0.00426 e. The highest BCUT2D eigenvalue weighted by Crippen LogP contribution is 2.29. The average Bonchev–Trinajstić information content (AvgIpc) is 2.48. The molecule has 1 aliphatic carbocycles. The van der Waals surface area contributed by atoms with Gasteiger partial charge in [-0.1, -0.05) is 51.5 Å². The summed E-state index contributed by atoms with van der Waals surface area (Å²) < 4.78 is 0. The summed E-state index contributed by atoms with van der Waals surface area (Å²) >= 11 is 0. The van der Waals surface area contributed by atoms with E-state index in [-0.39, 0.29) is 0 Å². The van der Waals surface area contributed by atoms with Crippen LogP contribution in [0.5, 0.6) is 0 Å². The maximum absolute atomic E-state index is 3.36. The molecule has 0 fully saturated rings. The lowest BCUT2D eigenvalue weighted by Crippen LogP contribution is -1.88. The molecule has 0 heterocycles. The summed E-state index contributed by atoms with van der Waals surface area (Å²) in [6, 6.07) is 0. The first kappa shape index (κ1) is 13.2. The van der Waals surface area contributed by atoms with Gasteiger partial charge in [0, 0.05) is 0 Å². The smallest absolute Gasteiger partial charge is 0.00426 e. The fraction of sp³-hybridized carbons (Fsp3) is 0.571. The summed E-state index contributed by atoms with van der Waals surface area (Å²) in [4.78, 5) is 0. The van der Waals surface area contributed by atoms with Gasteiger partial charge in [-0.2, -0.15) is 0 Å². The van der Waals surface area contributed by atoms with Gasteiger partial charge in [-0.05, 0) is 30.8 Å². The van der Waals surface area contributed by atoms with E-state index in [9.17, 15) is 0 Å². The number of hydrogen-bond donors (Lipinski definition) is 0. The van der Waals surface area contributed by atoms with E-state index in [4.69, 9.17) is 0 Å². The second-order valence-electron chi connectivity index (χ2n) is 4.09. The monoisotopic (exact) mass is 192 g/mol. The van der Waals surface area contributed by atoms with Gasteiger partial charge in [0.15, 0.2) is 0 Å². The van der Waals surface area contributed by atoms with E-state index in [2.05, 4.69) is 46.4 Å². The number of allylic oxidation sites excluding steroid dienone is 5. The fourth-order valence-corrected chi connectivity index (χ4v) is 1.57. The van der Waals surface area contributed by atoms with E-state index >= 15 is 0 Å². The van der Waals surface area contributed by atoms with Crippen LogP contribution in [0.4, 0.5) is 0 Å². The zero-order valence-corrected chi connectivity index (χ0v) is 10.3. The highest BCUT2D eigenvalue weighted by Gasteiger charge is 2.14. The molecular formula is C14H24. The molecule has 0 saturated carbocycles. The van der Waals surface area contributed by atoms with E-state index in [1.807, 2.05) is 6.92 Å². The molecule has 0 aromatic carbocycles. The zero-order valence-electron chi connectivity index (χ0n) is 10.3. The van der Waals surface area contributed by atoms with Crippen LogP contribution in [0.2, 0.25) is 0 Å². The summed E-state index contributed by atoms with van der Waals surface area (Å²) in [5.41, 5.74) is 3.11. The minimum Gasteiger partial charge on any atom is -0.103 e. The normalized spacial score (nSPS) is 19.7. The van der Waals surface area contributed by atoms with Gasteiger partial charge in [0.25, 0.3) is 0 Å². The van der Waals surface area contributed by atoms with Crippen molar-refractivity contribution in [2.45, 2.75) is 41.0 Å². The summed E-state index contributed by atoms with van der Waals surface area (Å²) in [6.45, 7) is 14.3. The van der Waals surface area contributed by atoms with Gasteiger partial charge < -0.3 is 0 Å². The van der Waals surface area contributed by atoms with Crippen LogP contribution in [0.3, 0.4) is 0 Å². The molecule has 0 amide bonds. The van der Waals surface area contributed by atoms with E-state index in [1.54, 1.807) is 11.6 Å². The molecule has 0 bridgehead atoms. The van der Waals surface area contributed by atoms with E-state index < -0.39 is 0 Å². The van der Waals surface area contributed by atoms with Gasteiger partial charge in [0.1, 0.15) is 0 Å². The standard InChI is InChI=1S/C11H18.C3H6/c1-5-10-7-11(8(2)3)6-9(10)4;1-3-2/h6-9H,5H2,1-4H3;3H,1H2,2H3. The van der Waals surface area contributed by atoms with Crippen LogP contribution in [0.15, 0.2) is 36.0 Å². The third kappa shape index (κ3) is 3.95. The van der Waals surface area contributed by atoms with Crippen LogP contribution < -0.4 is 0 Å². The second-order valence-corrected chi connectivity index (χ2v) is 4.09. The van der Waals surface area contributed by atoms with Crippen molar-refractivity contribution in [3.63, 3.8) is 0 Å². The Hall–Kier alpha value is -0.780. The fourth-order valence-electron chi connectivity index (χ4n) is 1.57. The molecule has 1 unspecified atom stereocenters. The van der Waals surface area contributed by atoms with Crippen molar-refractivity contribution in [1.82, 2.24) is 0 Å². The Morgan fingerprint density at radius 2 is 2.00 bits per heavy atom. The molecular weight excluding hydrogens is 168 g/mol. The van der Waals surface area contributed by atoms with Crippen LogP contribution >= 0.6 is 0 Å². The predicted octanol–water partition coefficient (Wildman–Crippen LogP) is 4.75. The van der Waals surface area contributed by atoms with Crippen LogP contribution in [0, 0.1) is 11.8 Å². The quantitative estimate of drug-likeness (QED) is 0.554. The molecule has 1 rings (SSSR count). The first-order chi connectivity index (χ1) is 6.56. The Balaban J connectivity index is 0.000000500. The lowest BCUT2D eigenvalue weighted by Gasteiger charge is -2.01. The molecule has 0 aromatic heterocycles.